The first kappa shape index (κ1) is 22.6. The van der Waals surface area contributed by atoms with Crippen molar-refractivity contribution in [3.63, 3.8) is 0 Å². The van der Waals surface area contributed by atoms with Gasteiger partial charge < -0.3 is 10.1 Å². The van der Waals surface area contributed by atoms with Gasteiger partial charge in [-0.25, -0.2) is 0 Å². The summed E-state index contributed by atoms with van der Waals surface area (Å²) < 4.78 is 7.90. The van der Waals surface area contributed by atoms with Gasteiger partial charge >= 0.3 is 0 Å². The highest BCUT2D eigenvalue weighted by atomic mass is 32.2. The Morgan fingerprint density at radius 3 is 2.76 bits per heavy atom. The maximum absolute atomic E-state index is 12.6. The molecule has 1 amide bonds. The second kappa shape index (κ2) is 10.4. The van der Waals surface area contributed by atoms with Crippen LogP contribution < -0.4 is 10.1 Å². The van der Waals surface area contributed by atoms with Crippen molar-refractivity contribution < 1.29 is 9.53 Å². The van der Waals surface area contributed by atoms with Gasteiger partial charge in [0.25, 0.3) is 0 Å². The van der Waals surface area contributed by atoms with Crippen molar-refractivity contribution in [2.24, 2.45) is 0 Å². The number of amides is 1. The van der Waals surface area contributed by atoms with E-state index >= 15 is 0 Å². The highest BCUT2D eigenvalue weighted by molar-refractivity contribution is 7.99. The second-order valence-corrected chi connectivity index (χ2v) is 8.66. The Labute approximate surface area is 197 Å². The highest BCUT2D eigenvalue weighted by Crippen LogP contribution is 2.25. The molecule has 33 heavy (non-hydrogen) atoms. The number of ether oxygens (including phenoxy) is 1. The van der Waals surface area contributed by atoms with Crippen molar-refractivity contribution in [3.8, 4) is 5.75 Å². The van der Waals surface area contributed by atoms with Crippen molar-refractivity contribution in [1.82, 2.24) is 14.8 Å². The molecule has 1 aromatic heterocycles. The van der Waals surface area contributed by atoms with Crippen LogP contribution in [0.4, 0.5) is 5.69 Å². The molecule has 0 unspecified atom stereocenters. The van der Waals surface area contributed by atoms with E-state index in [0.29, 0.717) is 17.5 Å². The van der Waals surface area contributed by atoms with Gasteiger partial charge in [-0.05, 0) is 36.9 Å². The molecule has 0 fully saturated rings. The van der Waals surface area contributed by atoms with Crippen molar-refractivity contribution in [3.05, 3.63) is 90.3 Å². The molecule has 1 N–H and O–H groups in total. The standard InChI is InChI=1S/C26H26N4O2S/c1-4-14-30-24(16-32-23-13-12-18(2)15-19(23)3)28-29-26(30)33-17-25(31)27-22-11-7-9-20-8-5-6-10-21(20)22/h4-13,15H,1,14,16-17H2,2-3H3,(H,27,31). The molecule has 0 aliphatic heterocycles. The summed E-state index contributed by atoms with van der Waals surface area (Å²) in [6.45, 7) is 8.73. The first-order valence-electron chi connectivity index (χ1n) is 10.7. The largest absolute Gasteiger partial charge is 0.485 e. The molecule has 168 valence electrons. The lowest BCUT2D eigenvalue weighted by Crippen LogP contribution is -2.15. The summed E-state index contributed by atoms with van der Waals surface area (Å²) >= 11 is 1.34. The molecule has 0 saturated carbocycles. The zero-order valence-corrected chi connectivity index (χ0v) is 19.6. The number of thioether (sulfide) groups is 1. The van der Waals surface area contributed by atoms with Gasteiger partial charge in [0, 0.05) is 17.6 Å². The number of benzene rings is 3. The van der Waals surface area contributed by atoms with E-state index in [1.165, 1.54) is 17.3 Å². The zero-order chi connectivity index (χ0) is 23.2. The SMILES string of the molecule is C=CCn1c(COc2ccc(C)cc2C)nnc1SCC(=O)Nc1cccc2ccccc12. The van der Waals surface area contributed by atoms with E-state index in [2.05, 4.69) is 35.1 Å². The summed E-state index contributed by atoms with van der Waals surface area (Å²) in [5.74, 6) is 1.62. The molecule has 0 aliphatic carbocycles. The molecular formula is C26H26N4O2S. The number of allylic oxidation sites excluding steroid dienone is 1. The molecule has 0 spiro atoms. The van der Waals surface area contributed by atoms with Gasteiger partial charge in [0.2, 0.25) is 5.91 Å². The number of hydrogen-bond donors (Lipinski definition) is 1. The molecule has 7 heteroatoms. The third kappa shape index (κ3) is 5.43. The predicted molar refractivity (Wildman–Crippen MR) is 134 cm³/mol. The fourth-order valence-electron chi connectivity index (χ4n) is 3.60. The summed E-state index contributed by atoms with van der Waals surface area (Å²) in [5, 5.41) is 14.3. The highest BCUT2D eigenvalue weighted by Gasteiger charge is 2.15. The summed E-state index contributed by atoms with van der Waals surface area (Å²) in [6.07, 6.45) is 1.78. The van der Waals surface area contributed by atoms with Gasteiger partial charge in [-0.15, -0.1) is 16.8 Å². The minimum absolute atomic E-state index is 0.0995. The number of rotatable bonds is 9. The van der Waals surface area contributed by atoms with Gasteiger partial charge in [-0.2, -0.15) is 0 Å². The van der Waals surface area contributed by atoms with Crippen LogP contribution in [0.25, 0.3) is 10.8 Å². The van der Waals surface area contributed by atoms with Crippen LogP contribution in [0.2, 0.25) is 0 Å². The summed E-state index contributed by atoms with van der Waals surface area (Å²) in [7, 11) is 0. The first-order chi connectivity index (χ1) is 16.0. The van der Waals surface area contributed by atoms with E-state index in [9.17, 15) is 4.79 Å². The summed E-state index contributed by atoms with van der Waals surface area (Å²) in [6, 6.07) is 19.9. The van der Waals surface area contributed by atoms with Crippen LogP contribution in [0, 0.1) is 13.8 Å². The molecule has 4 rings (SSSR count). The Morgan fingerprint density at radius 1 is 1.12 bits per heavy atom. The number of anilines is 1. The lowest BCUT2D eigenvalue weighted by molar-refractivity contribution is -0.113. The molecule has 0 bridgehead atoms. The quantitative estimate of drug-likeness (QED) is 0.263. The van der Waals surface area contributed by atoms with Gasteiger partial charge in [0.1, 0.15) is 12.4 Å². The number of aromatic nitrogens is 3. The molecule has 6 nitrogen and oxygen atoms in total. The van der Waals surface area contributed by atoms with Gasteiger partial charge in [-0.3, -0.25) is 9.36 Å². The average molecular weight is 459 g/mol. The number of nitrogens with one attached hydrogen (secondary N) is 1. The molecule has 0 saturated heterocycles. The van der Waals surface area contributed by atoms with Gasteiger partial charge in [0.15, 0.2) is 11.0 Å². The average Bonchev–Trinajstić information content (AvgIpc) is 3.19. The fourth-order valence-corrected chi connectivity index (χ4v) is 4.37. The number of hydrogen-bond acceptors (Lipinski definition) is 5. The number of nitrogens with zero attached hydrogens (tertiary/aromatic N) is 3. The molecule has 0 atom stereocenters. The number of fused-ring (bicyclic) bond motifs is 1. The van der Waals surface area contributed by atoms with E-state index in [1.807, 2.05) is 66.1 Å². The van der Waals surface area contributed by atoms with Gasteiger partial charge in [-0.1, -0.05) is 71.9 Å². The van der Waals surface area contributed by atoms with E-state index < -0.39 is 0 Å². The Hall–Kier alpha value is -3.58. The molecular weight excluding hydrogens is 432 g/mol. The van der Waals surface area contributed by atoms with Crippen LogP contribution in [-0.4, -0.2) is 26.4 Å². The smallest absolute Gasteiger partial charge is 0.234 e. The topological polar surface area (TPSA) is 69.0 Å². The van der Waals surface area contributed by atoms with E-state index in [1.54, 1.807) is 6.08 Å². The van der Waals surface area contributed by atoms with Crippen molar-refractivity contribution >= 4 is 34.1 Å². The van der Waals surface area contributed by atoms with Gasteiger partial charge in [0.05, 0.1) is 5.75 Å². The summed E-state index contributed by atoms with van der Waals surface area (Å²) in [4.78, 5) is 12.6. The normalized spacial score (nSPS) is 10.8. The van der Waals surface area contributed by atoms with Crippen LogP contribution in [0.5, 0.6) is 5.75 Å². The fraction of sp³-hybridized carbons (Fsp3) is 0.192. The van der Waals surface area contributed by atoms with Crippen LogP contribution in [-0.2, 0) is 17.9 Å². The Bertz CT molecular complexity index is 1290. The minimum atomic E-state index is -0.0995. The maximum Gasteiger partial charge on any atom is 0.234 e. The monoisotopic (exact) mass is 458 g/mol. The molecule has 4 aromatic rings. The van der Waals surface area contributed by atoms with E-state index in [4.69, 9.17) is 4.74 Å². The number of carbonyl (C=O) groups is 1. The lowest BCUT2D eigenvalue weighted by atomic mass is 10.1. The number of aryl methyl sites for hydroxylation is 2. The van der Waals surface area contributed by atoms with Crippen LogP contribution >= 0.6 is 11.8 Å². The van der Waals surface area contributed by atoms with Crippen molar-refractivity contribution in [1.29, 1.82) is 0 Å². The Morgan fingerprint density at radius 2 is 1.94 bits per heavy atom. The van der Waals surface area contributed by atoms with E-state index in [-0.39, 0.29) is 18.3 Å². The van der Waals surface area contributed by atoms with Crippen LogP contribution in [0.1, 0.15) is 17.0 Å². The lowest BCUT2D eigenvalue weighted by Gasteiger charge is -2.11. The van der Waals surface area contributed by atoms with Crippen molar-refractivity contribution in [2.75, 3.05) is 11.1 Å². The van der Waals surface area contributed by atoms with Crippen molar-refractivity contribution in [2.45, 2.75) is 32.2 Å². The molecule has 0 aliphatic rings. The summed E-state index contributed by atoms with van der Waals surface area (Å²) in [5.41, 5.74) is 3.06. The maximum atomic E-state index is 12.6. The first-order valence-corrected chi connectivity index (χ1v) is 11.7. The minimum Gasteiger partial charge on any atom is -0.485 e. The predicted octanol–water partition coefficient (Wildman–Crippen LogP) is 5.54. The van der Waals surface area contributed by atoms with Crippen LogP contribution in [0.15, 0.2) is 78.5 Å². The van der Waals surface area contributed by atoms with E-state index in [0.717, 1.165) is 27.8 Å². The Kier molecular flexibility index (Phi) is 7.10. The van der Waals surface area contributed by atoms with Crippen LogP contribution in [0.3, 0.4) is 0 Å². The third-order valence-electron chi connectivity index (χ3n) is 5.19. The Balaban J connectivity index is 1.41. The molecule has 3 aromatic carbocycles. The third-order valence-corrected chi connectivity index (χ3v) is 6.16. The zero-order valence-electron chi connectivity index (χ0n) is 18.7. The second-order valence-electron chi connectivity index (χ2n) is 7.72. The molecule has 0 radical (unpaired) electrons. The molecule has 1 heterocycles. The number of carbonyl (C=O) groups excluding carboxylic acids is 1.